The molecule has 0 saturated heterocycles. The SMILES string of the molecule is O=C(O)c1ncn2c1CN(C(=O)c1ccccc1)c1ccccc1-2. The molecule has 4 rings (SSSR count). The lowest BCUT2D eigenvalue weighted by molar-refractivity contribution is 0.0688. The molecule has 0 radical (unpaired) electrons. The van der Waals surface area contributed by atoms with Gasteiger partial charge in [-0.2, -0.15) is 0 Å². The quantitative estimate of drug-likeness (QED) is 0.788. The number of amides is 1. The van der Waals surface area contributed by atoms with E-state index in [9.17, 15) is 14.7 Å². The number of carbonyl (C=O) groups is 2. The predicted octanol–water partition coefficient (Wildman–Crippen LogP) is 2.73. The summed E-state index contributed by atoms with van der Waals surface area (Å²) < 4.78 is 1.73. The molecule has 6 heteroatoms. The Kier molecular flexibility index (Phi) is 3.16. The van der Waals surface area contributed by atoms with E-state index in [1.807, 2.05) is 30.3 Å². The van der Waals surface area contributed by atoms with Crippen molar-refractivity contribution in [2.45, 2.75) is 6.54 Å². The molecule has 2 heterocycles. The molecule has 2 aromatic carbocycles. The van der Waals surface area contributed by atoms with Gasteiger partial charge in [0.05, 0.1) is 23.6 Å². The minimum Gasteiger partial charge on any atom is -0.476 e. The van der Waals surface area contributed by atoms with Crippen LogP contribution >= 0.6 is 0 Å². The van der Waals surface area contributed by atoms with Crippen molar-refractivity contribution in [3.63, 3.8) is 0 Å². The van der Waals surface area contributed by atoms with Gasteiger partial charge in [0.1, 0.15) is 6.33 Å². The second-order valence-electron chi connectivity index (χ2n) is 5.46. The molecule has 0 aliphatic carbocycles. The van der Waals surface area contributed by atoms with Crippen LogP contribution in [0.15, 0.2) is 60.9 Å². The van der Waals surface area contributed by atoms with Crippen LogP contribution in [0.4, 0.5) is 5.69 Å². The third-order valence-electron chi connectivity index (χ3n) is 4.07. The van der Waals surface area contributed by atoms with E-state index in [0.29, 0.717) is 11.3 Å². The number of para-hydroxylation sites is 2. The Morgan fingerprint density at radius 2 is 1.62 bits per heavy atom. The van der Waals surface area contributed by atoms with Gasteiger partial charge in [0.15, 0.2) is 5.69 Å². The number of anilines is 1. The van der Waals surface area contributed by atoms with E-state index in [-0.39, 0.29) is 18.1 Å². The summed E-state index contributed by atoms with van der Waals surface area (Å²) in [6, 6.07) is 16.3. The van der Waals surface area contributed by atoms with Crippen molar-refractivity contribution in [1.82, 2.24) is 9.55 Å². The largest absolute Gasteiger partial charge is 0.476 e. The fourth-order valence-electron chi connectivity index (χ4n) is 2.96. The summed E-state index contributed by atoms with van der Waals surface area (Å²) in [5.41, 5.74) is 2.48. The maximum Gasteiger partial charge on any atom is 0.356 e. The van der Waals surface area contributed by atoms with Gasteiger partial charge in [0.25, 0.3) is 5.91 Å². The molecular formula is C18H13N3O3. The molecule has 1 aliphatic rings. The van der Waals surface area contributed by atoms with Gasteiger partial charge in [-0.3, -0.25) is 9.36 Å². The Balaban J connectivity index is 1.87. The number of rotatable bonds is 2. The number of hydrogen-bond acceptors (Lipinski definition) is 3. The molecule has 1 N–H and O–H groups in total. The van der Waals surface area contributed by atoms with Crippen LogP contribution < -0.4 is 4.90 Å². The van der Waals surface area contributed by atoms with Crippen LogP contribution in [-0.4, -0.2) is 26.5 Å². The highest BCUT2D eigenvalue weighted by Crippen LogP contribution is 2.34. The second kappa shape index (κ2) is 5.34. The van der Waals surface area contributed by atoms with Crippen molar-refractivity contribution in [3.8, 4) is 5.69 Å². The molecule has 0 saturated carbocycles. The Morgan fingerprint density at radius 3 is 2.33 bits per heavy atom. The number of aromatic nitrogens is 2. The van der Waals surface area contributed by atoms with E-state index in [1.54, 1.807) is 33.7 Å². The van der Waals surface area contributed by atoms with Gasteiger partial charge in [-0.25, -0.2) is 9.78 Å². The molecule has 0 fully saturated rings. The van der Waals surface area contributed by atoms with Crippen molar-refractivity contribution in [1.29, 1.82) is 0 Å². The van der Waals surface area contributed by atoms with Gasteiger partial charge in [-0.15, -0.1) is 0 Å². The first-order chi connectivity index (χ1) is 11.7. The van der Waals surface area contributed by atoms with Crippen molar-refractivity contribution >= 4 is 17.6 Å². The van der Waals surface area contributed by atoms with Gasteiger partial charge < -0.3 is 10.0 Å². The number of carboxylic acid groups (broad SMARTS) is 1. The van der Waals surface area contributed by atoms with E-state index in [2.05, 4.69) is 4.98 Å². The molecule has 24 heavy (non-hydrogen) atoms. The summed E-state index contributed by atoms with van der Waals surface area (Å²) in [5, 5.41) is 9.34. The summed E-state index contributed by atoms with van der Waals surface area (Å²) in [7, 11) is 0. The number of benzene rings is 2. The molecule has 1 amide bonds. The highest BCUT2D eigenvalue weighted by molar-refractivity contribution is 6.07. The molecular weight excluding hydrogens is 306 g/mol. The van der Waals surface area contributed by atoms with Crippen molar-refractivity contribution in [3.05, 3.63) is 77.9 Å². The third kappa shape index (κ3) is 2.08. The predicted molar refractivity (Wildman–Crippen MR) is 87.5 cm³/mol. The van der Waals surface area contributed by atoms with Crippen LogP contribution in [0.2, 0.25) is 0 Å². The Hall–Kier alpha value is -3.41. The number of aromatic carboxylic acids is 1. The third-order valence-corrected chi connectivity index (χ3v) is 4.07. The molecule has 0 bridgehead atoms. The minimum absolute atomic E-state index is 0.0321. The van der Waals surface area contributed by atoms with Crippen molar-refractivity contribution < 1.29 is 14.7 Å². The second-order valence-corrected chi connectivity index (χ2v) is 5.46. The first-order valence-electron chi connectivity index (χ1n) is 7.42. The zero-order valence-corrected chi connectivity index (χ0v) is 12.6. The van der Waals surface area contributed by atoms with E-state index < -0.39 is 5.97 Å². The molecule has 1 aromatic heterocycles. The standard InChI is InChI=1S/C18H13N3O3/c22-17(12-6-2-1-3-7-12)20-10-15-16(18(23)24)19-11-21(15)14-9-5-4-8-13(14)20/h1-9,11H,10H2,(H,23,24). The highest BCUT2D eigenvalue weighted by atomic mass is 16.4. The lowest BCUT2D eigenvalue weighted by Gasteiger charge is -2.30. The maximum absolute atomic E-state index is 12.9. The van der Waals surface area contributed by atoms with Crippen LogP contribution in [0.1, 0.15) is 26.5 Å². The van der Waals surface area contributed by atoms with Crippen LogP contribution in [0, 0.1) is 0 Å². The topological polar surface area (TPSA) is 75.4 Å². The smallest absolute Gasteiger partial charge is 0.356 e. The van der Waals surface area contributed by atoms with Gasteiger partial charge in [-0.1, -0.05) is 30.3 Å². The molecule has 0 spiro atoms. The van der Waals surface area contributed by atoms with E-state index in [4.69, 9.17) is 0 Å². The van der Waals surface area contributed by atoms with E-state index in [1.165, 1.54) is 6.33 Å². The van der Waals surface area contributed by atoms with Crippen molar-refractivity contribution in [2.75, 3.05) is 4.90 Å². The van der Waals surface area contributed by atoms with Crippen molar-refractivity contribution in [2.24, 2.45) is 0 Å². The van der Waals surface area contributed by atoms with Gasteiger partial charge in [0.2, 0.25) is 0 Å². The molecule has 6 nitrogen and oxygen atoms in total. The van der Waals surface area contributed by atoms with Gasteiger partial charge >= 0.3 is 5.97 Å². The molecule has 1 aliphatic heterocycles. The Bertz CT molecular complexity index is 947. The first-order valence-corrected chi connectivity index (χ1v) is 7.42. The summed E-state index contributed by atoms with van der Waals surface area (Å²) in [6.45, 7) is 0.159. The normalized spacial score (nSPS) is 12.4. The number of carbonyl (C=O) groups excluding carboxylic acids is 1. The molecule has 3 aromatic rings. The van der Waals surface area contributed by atoms with Gasteiger partial charge in [-0.05, 0) is 24.3 Å². The summed E-state index contributed by atoms with van der Waals surface area (Å²) in [6.07, 6.45) is 1.49. The van der Waals surface area contributed by atoms with E-state index >= 15 is 0 Å². The zero-order valence-electron chi connectivity index (χ0n) is 12.6. The van der Waals surface area contributed by atoms with Crippen LogP contribution in [-0.2, 0) is 6.54 Å². The van der Waals surface area contributed by atoms with Crippen LogP contribution in [0.5, 0.6) is 0 Å². The lowest BCUT2D eigenvalue weighted by atomic mass is 10.1. The van der Waals surface area contributed by atoms with Gasteiger partial charge in [0, 0.05) is 5.56 Å². The maximum atomic E-state index is 12.9. The molecule has 118 valence electrons. The monoisotopic (exact) mass is 319 g/mol. The fourth-order valence-corrected chi connectivity index (χ4v) is 2.96. The molecule has 0 atom stereocenters. The van der Waals surface area contributed by atoms with Crippen LogP contribution in [0.25, 0.3) is 5.69 Å². The molecule has 0 unspecified atom stereocenters. The minimum atomic E-state index is -1.10. The summed E-state index contributed by atoms with van der Waals surface area (Å²) >= 11 is 0. The fraction of sp³-hybridized carbons (Fsp3) is 0.0556. The highest BCUT2D eigenvalue weighted by Gasteiger charge is 2.30. The number of carboxylic acids is 1. The average molecular weight is 319 g/mol. The first kappa shape index (κ1) is 14.2. The van der Waals surface area contributed by atoms with E-state index in [0.717, 1.165) is 11.4 Å². The zero-order chi connectivity index (χ0) is 16.7. The summed E-state index contributed by atoms with van der Waals surface area (Å²) in [4.78, 5) is 29.9. The Morgan fingerprint density at radius 1 is 0.958 bits per heavy atom. The number of imidazole rings is 1. The summed E-state index contributed by atoms with van der Waals surface area (Å²) in [5.74, 6) is -1.28. The number of hydrogen-bond donors (Lipinski definition) is 1. The Labute approximate surface area is 137 Å². The lowest BCUT2D eigenvalue weighted by Crippen LogP contribution is -2.35. The van der Waals surface area contributed by atoms with Crippen LogP contribution in [0.3, 0.4) is 0 Å². The number of nitrogens with zero attached hydrogens (tertiary/aromatic N) is 3. The average Bonchev–Trinajstić information content (AvgIpc) is 3.05. The number of fused-ring (bicyclic) bond motifs is 3.